The number of carbonyl (C=O) groups excluding carboxylic acids is 1. The maximum atomic E-state index is 12.1. The van der Waals surface area contributed by atoms with Gasteiger partial charge in [-0.15, -0.1) is 11.8 Å². The summed E-state index contributed by atoms with van der Waals surface area (Å²) in [6.45, 7) is 3.71. The number of rotatable bonds is 5. The van der Waals surface area contributed by atoms with E-state index in [1.165, 1.54) is 11.8 Å². The predicted octanol–water partition coefficient (Wildman–Crippen LogP) is 5.12. The number of thioether (sulfide) groups is 1. The van der Waals surface area contributed by atoms with Crippen LogP contribution in [0.1, 0.15) is 19.4 Å². The number of hydrogen-bond acceptors (Lipinski definition) is 3. The van der Waals surface area contributed by atoms with E-state index >= 15 is 0 Å². The molecule has 1 N–H and O–H groups in total. The number of carbonyl (C=O) groups is 1. The first-order valence-electron chi connectivity index (χ1n) is 6.98. The number of hydrazone groups is 1. The smallest absolute Gasteiger partial charge is 0.253 e. The summed E-state index contributed by atoms with van der Waals surface area (Å²) in [7, 11) is 0. The van der Waals surface area contributed by atoms with E-state index in [1.807, 2.05) is 62.4 Å². The lowest BCUT2D eigenvalue weighted by atomic mass is 10.1. The van der Waals surface area contributed by atoms with Crippen LogP contribution in [0.4, 0.5) is 0 Å². The molecule has 2 aromatic rings. The quantitative estimate of drug-likeness (QED) is 0.421. The molecule has 2 rings (SSSR count). The van der Waals surface area contributed by atoms with E-state index in [2.05, 4.69) is 26.5 Å². The Morgan fingerprint density at radius 3 is 2.61 bits per heavy atom. The van der Waals surface area contributed by atoms with Crippen LogP contribution in [-0.4, -0.2) is 16.9 Å². The molecule has 0 aliphatic heterocycles. The topological polar surface area (TPSA) is 41.5 Å². The second-order valence-electron chi connectivity index (χ2n) is 4.90. The van der Waals surface area contributed by atoms with Crippen LogP contribution in [0.25, 0.3) is 0 Å². The van der Waals surface area contributed by atoms with Crippen LogP contribution in [0.3, 0.4) is 0 Å². The first-order chi connectivity index (χ1) is 11.0. The summed E-state index contributed by atoms with van der Waals surface area (Å²) >= 11 is 10.7. The van der Waals surface area contributed by atoms with Gasteiger partial charge in [0.15, 0.2) is 0 Å². The fraction of sp³-hybridized carbons (Fsp3) is 0.176. The third-order valence-electron chi connectivity index (χ3n) is 3.07. The Balaban J connectivity index is 1.95. The maximum Gasteiger partial charge on any atom is 0.253 e. The van der Waals surface area contributed by atoms with Gasteiger partial charge in [0.1, 0.15) is 0 Å². The fourth-order valence-electron chi connectivity index (χ4n) is 1.78. The van der Waals surface area contributed by atoms with E-state index in [4.69, 9.17) is 11.6 Å². The Morgan fingerprint density at radius 1 is 1.26 bits per heavy atom. The molecule has 0 fully saturated rings. The molecule has 1 atom stereocenters. The first kappa shape index (κ1) is 18.0. The third-order valence-corrected chi connectivity index (χ3v) is 4.93. The minimum absolute atomic E-state index is 0.140. The first-order valence-corrected chi connectivity index (χ1v) is 9.03. The molecule has 0 heterocycles. The van der Waals surface area contributed by atoms with E-state index in [9.17, 15) is 4.79 Å². The van der Waals surface area contributed by atoms with Crippen LogP contribution in [0.5, 0.6) is 0 Å². The largest absolute Gasteiger partial charge is 0.272 e. The van der Waals surface area contributed by atoms with Gasteiger partial charge in [-0.3, -0.25) is 4.79 Å². The summed E-state index contributed by atoms with van der Waals surface area (Å²) in [6.07, 6.45) is 0. The fourth-order valence-corrected chi connectivity index (χ4v) is 3.17. The van der Waals surface area contributed by atoms with Gasteiger partial charge < -0.3 is 0 Å². The van der Waals surface area contributed by atoms with Crippen molar-refractivity contribution in [3.63, 3.8) is 0 Å². The standard InChI is InChI=1S/C17H16BrClN2OS/c1-11(13-4-3-5-14(18)10-13)20-21-17(22)12(2)23-16-8-6-15(19)7-9-16/h3-10,12H,1-2H3,(H,21,22). The van der Waals surface area contributed by atoms with Gasteiger partial charge in [0, 0.05) is 14.4 Å². The number of amides is 1. The van der Waals surface area contributed by atoms with Gasteiger partial charge in [-0.1, -0.05) is 39.7 Å². The van der Waals surface area contributed by atoms with Crippen molar-refractivity contribution in [2.75, 3.05) is 0 Å². The molecular formula is C17H16BrClN2OS. The molecule has 2 aromatic carbocycles. The molecule has 1 unspecified atom stereocenters. The SMILES string of the molecule is CC(=NNC(=O)C(C)Sc1ccc(Cl)cc1)c1cccc(Br)c1. The zero-order chi connectivity index (χ0) is 16.8. The zero-order valence-electron chi connectivity index (χ0n) is 12.7. The van der Waals surface area contributed by atoms with Gasteiger partial charge in [0.25, 0.3) is 5.91 Å². The van der Waals surface area contributed by atoms with Gasteiger partial charge in [0.2, 0.25) is 0 Å². The molecule has 0 aliphatic rings. The highest BCUT2D eigenvalue weighted by molar-refractivity contribution is 9.10. The number of halogens is 2. The van der Waals surface area contributed by atoms with Gasteiger partial charge in [0.05, 0.1) is 11.0 Å². The summed E-state index contributed by atoms with van der Waals surface area (Å²) < 4.78 is 0.975. The lowest BCUT2D eigenvalue weighted by molar-refractivity contribution is -0.120. The van der Waals surface area contributed by atoms with Crippen molar-refractivity contribution in [1.29, 1.82) is 0 Å². The van der Waals surface area contributed by atoms with Crippen LogP contribution in [0.2, 0.25) is 5.02 Å². The average molecular weight is 412 g/mol. The van der Waals surface area contributed by atoms with Crippen LogP contribution in [0.15, 0.2) is 63.0 Å². The van der Waals surface area contributed by atoms with Crippen LogP contribution < -0.4 is 5.43 Å². The zero-order valence-corrected chi connectivity index (χ0v) is 15.9. The molecule has 0 saturated heterocycles. The highest BCUT2D eigenvalue weighted by Gasteiger charge is 2.14. The molecule has 0 aliphatic carbocycles. The Hall–Kier alpha value is -1.30. The number of nitrogens with one attached hydrogen (secondary N) is 1. The highest BCUT2D eigenvalue weighted by Crippen LogP contribution is 2.24. The minimum atomic E-state index is -0.254. The molecule has 0 aromatic heterocycles. The molecule has 0 spiro atoms. The summed E-state index contributed by atoms with van der Waals surface area (Å²) in [5, 5.41) is 4.60. The van der Waals surface area contributed by atoms with Crippen LogP contribution in [0, 0.1) is 0 Å². The minimum Gasteiger partial charge on any atom is -0.272 e. The summed E-state index contributed by atoms with van der Waals surface area (Å²) in [5.41, 5.74) is 4.33. The summed E-state index contributed by atoms with van der Waals surface area (Å²) in [4.78, 5) is 13.1. The van der Waals surface area contributed by atoms with Crippen molar-refractivity contribution in [1.82, 2.24) is 5.43 Å². The lowest BCUT2D eigenvalue weighted by Gasteiger charge is -2.10. The Bertz CT molecular complexity index is 719. The van der Waals surface area contributed by atoms with Crippen LogP contribution >= 0.6 is 39.3 Å². The monoisotopic (exact) mass is 410 g/mol. The van der Waals surface area contributed by atoms with Crippen molar-refractivity contribution in [3.05, 3.63) is 63.6 Å². The lowest BCUT2D eigenvalue weighted by Crippen LogP contribution is -2.27. The average Bonchev–Trinajstić information content (AvgIpc) is 2.54. The molecule has 1 amide bonds. The van der Waals surface area contributed by atoms with E-state index in [0.717, 1.165) is 20.6 Å². The Kier molecular flexibility index (Phi) is 6.69. The molecule has 23 heavy (non-hydrogen) atoms. The van der Waals surface area contributed by atoms with Gasteiger partial charge in [-0.05, 0) is 55.8 Å². The predicted molar refractivity (Wildman–Crippen MR) is 101 cm³/mol. The molecule has 0 bridgehead atoms. The second-order valence-corrected chi connectivity index (χ2v) is 7.66. The maximum absolute atomic E-state index is 12.1. The van der Waals surface area contributed by atoms with E-state index in [0.29, 0.717) is 5.02 Å². The van der Waals surface area contributed by atoms with Gasteiger partial charge >= 0.3 is 0 Å². The summed E-state index contributed by atoms with van der Waals surface area (Å²) in [5.74, 6) is -0.140. The molecular weight excluding hydrogens is 396 g/mol. The van der Waals surface area contributed by atoms with Gasteiger partial charge in [-0.25, -0.2) is 5.43 Å². The molecule has 3 nitrogen and oxygen atoms in total. The molecule has 0 saturated carbocycles. The Morgan fingerprint density at radius 2 is 1.96 bits per heavy atom. The molecule has 6 heteroatoms. The normalized spacial score (nSPS) is 12.8. The van der Waals surface area contributed by atoms with Crippen LogP contribution in [-0.2, 0) is 4.79 Å². The molecule has 0 radical (unpaired) electrons. The molecule has 120 valence electrons. The van der Waals surface area contributed by atoms with E-state index in [-0.39, 0.29) is 11.2 Å². The van der Waals surface area contributed by atoms with Crippen molar-refractivity contribution < 1.29 is 4.79 Å². The number of hydrogen-bond donors (Lipinski definition) is 1. The highest BCUT2D eigenvalue weighted by atomic mass is 79.9. The van der Waals surface area contributed by atoms with Gasteiger partial charge in [-0.2, -0.15) is 5.10 Å². The Labute approximate surface area is 153 Å². The summed E-state index contributed by atoms with van der Waals surface area (Å²) in [6, 6.07) is 15.2. The third kappa shape index (κ3) is 5.68. The second kappa shape index (κ2) is 8.52. The van der Waals surface area contributed by atoms with Crippen molar-refractivity contribution in [2.45, 2.75) is 24.0 Å². The van der Waals surface area contributed by atoms with Crippen molar-refractivity contribution in [3.8, 4) is 0 Å². The number of benzene rings is 2. The number of nitrogens with zero attached hydrogens (tertiary/aromatic N) is 1. The van der Waals surface area contributed by atoms with Crippen molar-refractivity contribution >= 4 is 50.9 Å². The van der Waals surface area contributed by atoms with E-state index < -0.39 is 0 Å². The van der Waals surface area contributed by atoms with E-state index in [1.54, 1.807) is 0 Å². The van der Waals surface area contributed by atoms with Crippen molar-refractivity contribution in [2.24, 2.45) is 5.10 Å².